The predicted octanol–water partition coefficient (Wildman–Crippen LogP) is 1.54. The lowest BCUT2D eigenvalue weighted by Crippen LogP contribution is -2.44. The third-order valence-corrected chi connectivity index (χ3v) is 5.46. The highest BCUT2D eigenvalue weighted by Crippen LogP contribution is 2.56. The van der Waals surface area contributed by atoms with Crippen LogP contribution in [0, 0.1) is 0 Å². The van der Waals surface area contributed by atoms with Gasteiger partial charge in [0, 0.05) is 31.7 Å². The smallest absolute Gasteiger partial charge is 0.210 e. The van der Waals surface area contributed by atoms with Gasteiger partial charge >= 0.3 is 0 Å². The molecule has 2 aliphatic rings. The quantitative estimate of drug-likeness (QED) is 0.729. The van der Waals surface area contributed by atoms with Crippen LogP contribution >= 0.6 is 0 Å². The van der Waals surface area contributed by atoms with E-state index in [2.05, 4.69) is 24.8 Å². The summed E-state index contributed by atoms with van der Waals surface area (Å²) in [5, 5.41) is 1.01. The van der Waals surface area contributed by atoms with Crippen LogP contribution in [0.1, 0.15) is 24.5 Å². The molecule has 1 saturated carbocycles. The Labute approximate surface area is 143 Å². The van der Waals surface area contributed by atoms with Crippen molar-refractivity contribution < 1.29 is 9.21 Å². The predicted molar refractivity (Wildman–Crippen MR) is 90.1 cm³/mol. The molecule has 25 heavy (non-hydrogen) atoms. The highest BCUT2D eigenvalue weighted by molar-refractivity contribution is 5.87. The minimum atomic E-state index is -0.245. The van der Waals surface area contributed by atoms with Gasteiger partial charge in [0.25, 0.3) is 0 Å². The van der Waals surface area contributed by atoms with E-state index in [1.54, 1.807) is 12.5 Å². The molecule has 1 aliphatic carbocycles. The Morgan fingerprint density at radius 2 is 2.32 bits per heavy atom. The normalized spacial score (nSPS) is 26.2. The summed E-state index contributed by atoms with van der Waals surface area (Å²) in [6, 6.07) is 2.00. The highest BCUT2D eigenvalue weighted by atomic mass is 16.3. The molecular weight excluding hydrogens is 320 g/mol. The van der Waals surface area contributed by atoms with Crippen molar-refractivity contribution in [3.8, 4) is 0 Å². The number of carbonyl (C=O) groups excluding carboxylic acids is 1. The molecule has 0 bridgehead atoms. The fourth-order valence-corrected chi connectivity index (χ4v) is 4.15. The van der Waals surface area contributed by atoms with E-state index < -0.39 is 0 Å². The van der Waals surface area contributed by atoms with Gasteiger partial charge in [-0.3, -0.25) is 4.79 Å². The van der Waals surface area contributed by atoms with Crippen LogP contribution < -0.4 is 4.90 Å². The first-order chi connectivity index (χ1) is 12.3. The molecule has 2 atom stereocenters. The first kappa shape index (κ1) is 14.4. The van der Waals surface area contributed by atoms with Gasteiger partial charge in [0.05, 0.1) is 17.1 Å². The second kappa shape index (κ2) is 5.30. The number of aromatic amines is 1. The topological polar surface area (TPSA) is 91.2 Å². The number of nitrogens with one attached hydrogen (secondary N) is 1. The van der Waals surface area contributed by atoms with E-state index in [0.717, 1.165) is 61.5 Å². The van der Waals surface area contributed by atoms with E-state index in [-0.39, 0.29) is 11.5 Å². The lowest BCUT2D eigenvalue weighted by molar-refractivity contribution is -0.120. The third kappa shape index (κ3) is 2.13. The highest BCUT2D eigenvalue weighted by Gasteiger charge is 2.61. The number of anilines is 1. The van der Waals surface area contributed by atoms with Crippen molar-refractivity contribution in [3.05, 3.63) is 36.9 Å². The van der Waals surface area contributed by atoms with E-state index >= 15 is 0 Å². The van der Waals surface area contributed by atoms with Crippen molar-refractivity contribution in [2.45, 2.75) is 24.3 Å². The SMILES string of the molecule is O=CN1CCCN(c2ncnc3[nH]ccc23)CC12CC2c1cnco1. The number of rotatable bonds is 3. The van der Waals surface area contributed by atoms with Gasteiger partial charge in [-0.1, -0.05) is 0 Å². The molecule has 2 fully saturated rings. The van der Waals surface area contributed by atoms with Crippen molar-refractivity contribution in [1.29, 1.82) is 0 Å². The van der Waals surface area contributed by atoms with Crippen LogP contribution in [0.25, 0.3) is 11.0 Å². The molecule has 3 aromatic heterocycles. The van der Waals surface area contributed by atoms with Crippen molar-refractivity contribution >= 4 is 23.3 Å². The van der Waals surface area contributed by atoms with Gasteiger partial charge in [-0.2, -0.15) is 0 Å². The zero-order valence-electron chi connectivity index (χ0n) is 13.6. The largest absolute Gasteiger partial charge is 0.448 e. The number of H-pyrrole nitrogens is 1. The van der Waals surface area contributed by atoms with E-state index in [0.29, 0.717) is 0 Å². The maximum Gasteiger partial charge on any atom is 0.210 e. The van der Waals surface area contributed by atoms with Crippen molar-refractivity contribution in [1.82, 2.24) is 24.8 Å². The molecule has 1 N–H and O–H groups in total. The number of hydrogen-bond acceptors (Lipinski definition) is 6. The van der Waals surface area contributed by atoms with E-state index in [9.17, 15) is 4.79 Å². The number of fused-ring (bicyclic) bond motifs is 1. The molecule has 8 heteroatoms. The number of carbonyl (C=O) groups is 1. The van der Waals surface area contributed by atoms with Crippen LogP contribution in [0.5, 0.6) is 0 Å². The molecule has 2 unspecified atom stereocenters. The van der Waals surface area contributed by atoms with Crippen LogP contribution in [-0.2, 0) is 4.79 Å². The summed E-state index contributed by atoms with van der Waals surface area (Å²) in [6.07, 6.45) is 9.44. The maximum absolute atomic E-state index is 11.7. The first-order valence-corrected chi connectivity index (χ1v) is 8.45. The second-order valence-corrected chi connectivity index (χ2v) is 6.78. The number of aromatic nitrogens is 4. The second-order valence-electron chi connectivity index (χ2n) is 6.78. The van der Waals surface area contributed by atoms with Gasteiger partial charge in [0.2, 0.25) is 6.41 Å². The fraction of sp³-hybridized carbons (Fsp3) is 0.412. The molecule has 4 heterocycles. The Bertz CT molecular complexity index is 907. The summed E-state index contributed by atoms with van der Waals surface area (Å²) in [5.41, 5.74) is 0.587. The Kier molecular flexibility index (Phi) is 3.06. The summed E-state index contributed by atoms with van der Waals surface area (Å²) in [4.78, 5) is 31.9. The average Bonchev–Trinajstić information content (AvgIpc) is 3.02. The summed E-state index contributed by atoms with van der Waals surface area (Å²) in [7, 11) is 0. The fourth-order valence-electron chi connectivity index (χ4n) is 4.15. The third-order valence-electron chi connectivity index (χ3n) is 5.46. The number of amides is 1. The first-order valence-electron chi connectivity index (χ1n) is 8.45. The van der Waals surface area contributed by atoms with Gasteiger partial charge in [0.15, 0.2) is 6.39 Å². The summed E-state index contributed by atoms with van der Waals surface area (Å²) in [6.45, 7) is 2.33. The standard InChI is InChI=1S/C17H18N6O2/c24-11-23-5-1-4-22(16-12-2-3-19-15(12)20-9-21-16)8-17(23)6-13(17)14-7-18-10-25-14/h2-3,7,9-11,13H,1,4-6,8H2,(H,19,20,21). The average molecular weight is 338 g/mol. The molecule has 128 valence electrons. The minimum absolute atomic E-state index is 0.185. The lowest BCUT2D eigenvalue weighted by atomic mass is 10.1. The molecule has 8 nitrogen and oxygen atoms in total. The maximum atomic E-state index is 11.7. The van der Waals surface area contributed by atoms with Crippen LogP contribution in [0.4, 0.5) is 5.82 Å². The Morgan fingerprint density at radius 3 is 3.16 bits per heavy atom. The van der Waals surface area contributed by atoms with E-state index in [1.807, 2.05) is 17.2 Å². The number of oxazole rings is 1. The monoisotopic (exact) mass is 338 g/mol. The molecule has 1 aliphatic heterocycles. The van der Waals surface area contributed by atoms with Gasteiger partial charge in [-0.05, 0) is 18.9 Å². The number of nitrogens with zero attached hydrogens (tertiary/aromatic N) is 5. The molecule has 0 aromatic carbocycles. The van der Waals surface area contributed by atoms with E-state index in [1.165, 1.54) is 6.39 Å². The Morgan fingerprint density at radius 1 is 1.36 bits per heavy atom. The molecule has 5 rings (SSSR count). The van der Waals surface area contributed by atoms with Crippen LogP contribution in [0.3, 0.4) is 0 Å². The van der Waals surface area contributed by atoms with Gasteiger partial charge in [-0.15, -0.1) is 0 Å². The molecular formula is C17H18N6O2. The summed E-state index contributed by atoms with van der Waals surface area (Å²) in [5.74, 6) is 1.95. The van der Waals surface area contributed by atoms with Gasteiger partial charge < -0.3 is 19.2 Å². The summed E-state index contributed by atoms with van der Waals surface area (Å²) >= 11 is 0. The molecule has 1 saturated heterocycles. The zero-order chi connectivity index (χ0) is 16.9. The molecule has 1 spiro atoms. The van der Waals surface area contributed by atoms with Crippen LogP contribution in [-0.4, -0.2) is 56.4 Å². The molecule has 0 radical (unpaired) electrons. The van der Waals surface area contributed by atoms with Crippen molar-refractivity contribution in [3.63, 3.8) is 0 Å². The van der Waals surface area contributed by atoms with Crippen LogP contribution in [0.2, 0.25) is 0 Å². The Hall–Kier alpha value is -2.90. The van der Waals surface area contributed by atoms with E-state index in [4.69, 9.17) is 4.42 Å². The molecule has 1 amide bonds. The zero-order valence-corrected chi connectivity index (χ0v) is 13.6. The van der Waals surface area contributed by atoms with Crippen molar-refractivity contribution in [2.24, 2.45) is 0 Å². The lowest BCUT2D eigenvalue weighted by Gasteiger charge is -2.31. The Balaban J connectivity index is 1.53. The summed E-state index contributed by atoms with van der Waals surface area (Å²) < 4.78 is 5.51. The van der Waals surface area contributed by atoms with Gasteiger partial charge in [-0.25, -0.2) is 15.0 Å². The van der Waals surface area contributed by atoms with Gasteiger partial charge in [0.1, 0.15) is 23.6 Å². The number of hydrogen-bond donors (Lipinski definition) is 1. The molecule has 3 aromatic rings. The van der Waals surface area contributed by atoms with Crippen molar-refractivity contribution in [2.75, 3.05) is 24.5 Å². The minimum Gasteiger partial charge on any atom is -0.448 e. The van der Waals surface area contributed by atoms with Crippen LogP contribution in [0.15, 0.2) is 35.6 Å².